The van der Waals surface area contributed by atoms with Gasteiger partial charge in [0, 0.05) is 33.3 Å². The van der Waals surface area contributed by atoms with Gasteiger partial charge in [-0.25, -0.2) is 0 Å². The number of benzene rings is 3. The highest BCUT2D eigenvalue weighted by Crippen LogP contribution is 2.37. The minimum atomic E-state index is -4.41. The van der Waals surface area contributed by atoms with E-state index in [1.807, 2.05) is 31.2 Å². The number of nitroso groups, excluding NO2 is 1. The summed E-state index contributed by atoms with van der Waals surface area (Å²) in [5.74, 6) is 0.587. The average Bonchev–Trinajstić information content (AvgIpc) is 2.95. The highest BCUT2D eigenvalue weighted by molar-refractivity contribution is 5.98. The molecule has 0 unspecified atom stereocenters. The van der Waals surface area contributed by atoms with Gasteiger partial charge in [-0.2, -0.15) is 13.2 Å². The Morgan fingerprint density at radius 1 is 0.925 bits per heavy atom. The van der Waals surface area contributed by atoms with E-state index >= 15 is 0 Å². The van der Waals surface area contributed by atoms with Crippen molar-refractivity contribution in [2.24, 2.45) is 5.18 Å². The number of hydrogen-bond donors (Lipinski definition) is 1. The average molecular weight is 552 g/mol. The fourth-order valence-corrected chi connectivity index (χ4v) is 4.04. The summed E-state index contributed by atoms with van der Waals surface area (Å²) in [5.41, 5.74) is 3.62. The summed E-state index contributed by atoms with van der Waals surface area (Å²) in [6, 6.07) is 19.4. The molecule has 3 rings (SSSR count). The van der Waals surface area contributed by atoms with Crippen molar-refractivity contribution < 1.29 is 22.7 Å². The molecule has 0 bridgehead atoms. The first-order valence-electron chi connectivity index (χ1n) is 12.8. The summed E-state index contributed by atoms with van der Waals surface area (Å²) in [5, 5.41) is 6.14. The second-order valence-electron chi connectivity index (χ2n) is 9.13. The van der Waals surface area contributed by atoms with Crippen LogP contribution in [0, 0.1) is 4.91 Å². The molecule has 1 amide bonds. The molecule has 0 radical (unpaired) electrons. The van der Waals surface area contributed by atoms with E-state index in [9.17, 15) is 22.9 Å². The Morgan fingerprint density at radius 2 is 1.50 bits per heavy atom. The predicted molar refractivity (Wildman–Crippen MR) is 152 cm³/mol. The molecule has 0 aliphatic carbocycles. The van der Waals surface area contributed by atoms with Crippen LogP contribution in [-0.2, 0) is 11.0 Å². The third-order valence-electron chi connectivity index (χ3n) is 6.13. The van der Waals surface area contributed by atoms with E-state index in [-0.39, 0.29) is 11.6 Å². The standard InChI is InChI=1S/C31H32F3N3O3/c1-4-28(22-7-13-25(14-8-22)31(32,33)34)30(23-9-15-26(36-39)16-10-23)24-11-17-27(18-12-24)40-21-20-35-19-5-6-29(38)37(2)3/h5-18,35H,4,19-21H2,1-3H3/b6-5+,30-28-. The molecule has 0 aliphatic heterocycles. The first-order valence-corrected chi connectivity index (χ1v) is 12.8. The molecule has 1 N–H and O–H groups in total. The van der Waals surface area contributed by atoms with Crippen LogP contribution in [0.3, 0.4) is 0 Å². The molecule has 0 atom stereocenters. The predicted octanol–water partition coefficient (Wildman–Crippen LogP) is 7.09. The van der Waals surface area contributed by atoms with E-state index in [1.165, 1.54) is 23.1 Å². The number of hydrogen-bond acceptors (Lipinski definition) is 5. The molecule has 0 spiro atoms. The molecule has 6 nitrogen and oxygen atoms in total. The van der Waals surface area contributed by atoms with Gasteiger partial charge in [-0.15, -0.1) is 4.91 Å². The summed E-state index contributed by atoms with van der Waals surface area (Å²) in [7, 11) is 3.38. The largest absolute Gasteiger partial charge is 0.492 e. The maximum absolute atomic E-state index is 13.1. The first-order chi connectivity index (χ1) is 19.1. The fraction of sp³-hybridized carbons (Fsp3) is 0.258. The van der Waals surface area contributed by atoms with Crippen LogP contribution in [0.25, 0.3) is 11.1 Å². The van der Waals surface area contributed by atoms with E-state index in [0.29, 0.717) is 37.4 Å². The van der Waals surface area contributed by atoms with Crippen molar-refractivity contribution in [3.05, 3.63) is 112 Å². The SMILES string of the molecule is CC/C(=C(\c1ccc(N=O)cc1)c1ccc(OCCNC/C=C/C(=O)N(C)C)cc1)c1ccc(C(F)(F)F)cc1. The van der Waals surface area contributed by atoms with E-state index in [4.69, 9.17) is 4.74 Å². The summed E-state index contributed by atoms with van der Waals surface area (Å²) in [6.45, 7) is 3.49. The number of alkyl halides is 3. The van der Waals surface area contributed by atoms with Crippen molar-refractivity contribution in [1.82, 2.24) is 10.2 Å². The molecule has 0 fully saturated rings. The Bertz CT molecular complexity index is 1330. The van der Waals surface area contributed by atoms with Crippen LogP contribution in [0.2, 0.25) is 0 Å². The molecule has 0 aromatic heterocycles. The fourth-order valence-electron chi connectivity index (χ4n) is 4.04. The number of likely N-dealkylation sites (N-methyl/N-ethyl adjacent to an activating group) is 1. The van der Waals surface area contributed by atoms with Crippen molar-refractivity contribution in [3.63, 3.8) is 0 Å². The highest BCUT2D eigenvalue weighted by atomic mass is 19.4. The van der Waals surface area contributed by atoms with E-state index < -0.39 is 11.7 Å². The van der Waals surface area contributed by atoms with Gasteiger partial charge < -0.3 is 15.0 Å². The lowest BCUT2D eigenvalue weighted by Gasteiger charge is -2.17. The Labute approximate surface area is 232 Å². The van der Waals surface area contributed by atoms with Gasteiger partial charge in [-0.1, -0.05) is 49.4 Å². The number of rotatable bonds is 12. The minimum absolute atomic E-state index is 0.0764. The second kappa shape index (κ2) is 14.2. The molecule has 210 valence electrons. The molecule has 0 heterocycles. The van der Waals surface area contributed by atoms with Gasteiger partial charge in [0.05, 0.1) is 5.56 Å². The van der Waals surface area contributed by atoms with Crippen LogP contribution in [0.5, 0.6) is 5.75 Å². The first kappa shape index (κ1) is 30.3. The number of halogens is 3. The lowest BCUT2D eigenvalue weighted by atomic mass is 9.88. The number of nitrogens with zero attached hydrogens (tertiary/aromatic N) is 2. The van der Waals surface area contributed by atoms with Crippen molar-refractivity contribution in [1.29, 1.82) is 0 Å². The number of carbonyl (C=O) groups excluding carboxylic acids is 1. The second-order valence-corrected chi connectivity index (χ2v) is 9.13. The molecule has 0 saturated heterocycles. The van der Waals surface area contributed by atoms with Crippen LogP contribution in [0.4, 0.5) is 18.9 Å². The smallest absolute Gasteiger partial charge is 0.416 e. The molecule has 3 aromatic rings. The van der Waals surface area contributed by atoms with Crippen molar-refractivity contribution in [2.45, 2.75) is 19.5 Å². The zero-order valence-corrected chi connectivity index (χ0v) is 22.7. The number of nitrogens with one attached hydrogen (secondary N) is 1. The van der Waals surface area contributed by atoms with E-state index in [2.05, 4.69) is 10.5 Å². The van der Waals surface area contributed by atoms with E-state index in [1.54, 1.807) is 44.4 Å². The quantitative estimate of drug-likeness (QED) is 0.113. The van der Waals surface area contributed by atoms with Gasteiger partial charge in [0.1, 0.15) is 18.0 Å². The third kappa shape index (κ3) is 8.38. The number of carbonyl (C=O) groups is 1. The van der Waals surface area contributed by atoms with Gasteiger partial charge in [-0.3, -0.25) is 4.79 Å². The Hall–Kier alpha value is -4.24. The molecule has 0 aliphatic rings. The Kier molecular flexibility index (Phi) is 10.8. The normalized spacial score (nSPS) is 12.2. The molecule has 0 saturated carbocycles. The van der Waals surface area contributed by atoms with Crippen LogP contribution in [0.15, 0.2) is 90.1 Å². The van der Waals surface area contributed by atoms with Crippen LogP contribution in [0.1, 0.15) is 35.6 Å². The van der Waals surface area contributed by atoms with Gasteiger partial charge >= 0.3 is 6.18 Å². The molecule has 9 heteroatoms. The van der Waals surface area contributed by atoms with Crippen molar-refractivity contribution in [2.75, 3.05) is 33.8 Å². The summed E-state index contributed by atoms with van der Waals surface area (Å²) in [4.78, 5) is 24.0. The maximum Gasteiger partial charge on any atom is 0.416 e. The lowest BCUT2D eigenvalue weighted by molar-refractivity contribution is -0.137. The molecule has 40 heavy (non-hydrogen) atoms. The van der Waals surface area contributed by atoms with Crippen molar-refractivity contribution in [3.8, 4) is 5.75 Å². The number of amides is 1. The van der Waals surface area contributed by atoms with Crippen molar-refractivity contribution >= 4 is 22.7 Å². The van der Waals surface area contributed by atoms with E-state index in [0.717, 1.165) is 34.4 Å². The van der Waals surface area contributed by atoms with Crippen LogP contribution < -0.4 is 10.1 Å². The summed E-state index contributed by atoms with van der Waals surface area (Å²) >= 11 is 0. The maximum atomic E-state index is 13.1. The molecular weight excluding hydrogens is 519 g/mol. The minimum Gasteiger partial charge on any atom is -0.492 e. The number of ether oxygens (including phenoxy) is 1. The third-order valence-corrected chi connectivity index (χ3v) is 6.13. The van der Waals surface area contributed by atoms with Gasteiger partial charge in [0.25, 0.3) is 0 Å². The Morgan fingerprint density at radius 3 is 2.02 bits per heavy atom. The zero-order valence-electron chi connectivity index (χ0n) is 22.7. The topological polar surface area (TPSA) is 71.0 Å². The number of allylic oxidation sites excluding steroid dienone is 1. The van der Waals surface area contributed by atoms with Gasteiger partial charge in [0.2, 0.25) is 5.91 Å². The van der Waals surface area contributed by atoms with Gasteiger partial charge in [0.15, 0.2) is 0 Å². The molecular formula is C31H32F3N3O3. The zero-order chi connectivity index (χ0) is 29.1. The molecule has 3 aromatic carbocycles. The monoisotopic (exact) mass is 551 g/mol. The van der Waals surface area contributed by atoms with Gasteiger partial charge in [-0.05, 0) is 75.8 Å². The van der Waals surface area contributed by atoms with Crippen LogP contribution in [-0.4, -0.2) is 44.6 Å². The summed E-state index contributed by atoms with van der Waals surface area (Å²) in [6.07, 6.45) is -0.588. The Balaban J connectivity index is 1.81. The lowest BCUT2D eigenvalue weighted by Crippen LogP contribution is -2.22. The van der Waals surface area contributed by atoms with Crippen LogP contribution >= 0.6 is 0 Å². The summed E-state index contributed by atoms with van der Waals surface area (Å²) < 4.78 is 45.3. The highest BCUT2D eigenvalue weighted by Gasteiger charge is 2.30.